The summed E-state index contributed by atoms with van der Waals surface area (Å²) in [5.74, 6) is 1.58. The minimum absolute atomic E-state index is 0. The molecular weight excluding hydrogens is 937 g/mol. The van der Waals surface area contributed by atoms with E-state index >= 15 is 0 Å². The molecule has 0 aliphatic heterocycles. The first-order valence-corrected chi connectivity index (χ1v) is 25.9. The van der Waals surface area contributed by atoms with E-state index in [-0.39, 0.29) is 25.5 Å². The molecule has 0 spiro atoms. The molecule has 8 aromatic rings. The third-order valence-electron chi connectivity index (χ3n) is 13.7. The predicted molar refractivity (Wildman–Crippen MR) is 255 cm³/mol. The van der Waals surface area contributed by atoms with Crippen LogP contribution in [0.4, 0.5) is 0 Å². The van der Waals surface area contributed by atoms with E-state index in [9.17, 15) is 0 Å². The van der Waals surface area contributed by atoms with Crippen LogP contribution in [0.3, 0.4) is 0 Å². The summed E-state index contributed by atoms with van der Waals surface area (Å²) >= 11 is 0. The SMILES string of the molecule is CC(C)(c1ccnc(-c2[c-]ccc3c2oc2cc(-c4ccccc4)ccc23)c1)C1CCCC1.C[Si](C)(C)c1cnc(-c2[c-]ccc3ccccc23)cc1CC1CCCCC1.[Ir]. The minimum atomic E-state index is -1.41. The van der Waals surface area contributed by atoms with Gasteiger partial charge in [0.05, 0.1) is 13.7 Å². The molecule has 3 nitrogen and oxygen atoms in total. The van der Waals surface area contributed by atoms with E-state index in [4.69, 9.17) is 14.4 Å². The quantitative estimate of drug-likeness (QED) is 0.112. The monoisotopic (exact) mass is 995 g/mol. The number of furan rings is 1. The molecule has 3 heterocycles. The largest absolute Gasteiger partial charge is 0.501 e. The first-order chi connectivity index (χ1) is 29.1. The van der Waals surface area contributed by atoms with Crippen LogP contribution in [0, 0.1) is 24.0 Å². The molecule has 2 fully saturated rings. The fourth-order valence-electron chi connectivity index (χ4n) is 10.1. The molecule has 0 unspecified atom stereocenters. The third kappa shape index (κ3) is 9.12. The van der Waals surface area contributed by atoms with Gasteiger partial charge in [0, 0.05) is 37.9 Å². The van der Waals surface area contributed by atoms with Crippen LogP contribution < -0.4 is 5.19 Å². The van der Waals surface area contributed by atoms with Crippen molar-refractivity contribution in [2.45, 2.75) is 103 Å². The van der Waals surface area contributed by atoms with Crippen molar-refractivity contribution in [1.29, 1.82) is 0 Å². The molecule has 0 amide bonds. The normalized spacial score (nSPS) is 15.2. The molecule has 5 aromatic carbocycles. The number of hydrogen-bond acceptors (Lipinski definition) is 3. The Balaban J connectivity index is 0.000000169. The van der Waals surface area contributed by atoms with Gasteiger partial charge in [0.1, 0.15) is 5.58 Å². The topological polar surface area (TPSA) is 38.9 Å². The van der Waals surface area contributed by atoms with Crippen molar-refractivity contribution in [2.24, 2.45) is 11.8 Å². The van der Waals surface area contributed by atoms with Crippen LogP contribution in [0.1, 0.15) is 82.8 Å². The number of pyridine rings is 2. The van der Waals surface area contributed by atoms with Gasteiger partial charge in [-0.25, -0.2) is 0 Å². The van der Waals surface area contributed by atoms with Crippen molar-refractivity contribution < 1.29 is 24.5 Å². The van der Waals surface area contributed by atoms with Gasteiger partial charge >= 0.3 is 0 Å². The number of rotatable bonds is 8. The summed E-state index contributed by atoms with van der Waals surface area (Å²) in [7, 11) is -1.41. The van der Waals surface area contributed by atoms with Gasteiger partial charge in [0.15, 0.2) is 0 Å². The van der Waals surface area contributed by atoms with Crippen molar-refractivity contribution in [2.75, 3.05) is 0 Å². The van der Waals surface area contributed by atoms with Gasteiger partial charge in [-0.2, -0.15) is 0 Å². The number of nitrogens with zero attached hydrogens (tertiary/aromatic N) is 2. The Kier molecular flexibility index (Phi) is 12.9. The molecule has 2 aliphatic carbocycles. The van der Waals surface area contributed by atoms with Crippen LogP contribution in [0.2, 0.25) is 19.6 Å². The van der Waals surface area contributed by atoms with Crippen molar-refractivity contribution in [3.05, 3.63) is 151 Å². The van der Waals surface area contributed by atoms with E-state index in [1.807, 2.05) is 24.4 Å². The van der Waals surface area contributed by atoms with Crippen molar-refractivity contribution in [3.63, 3.8) is 0 Å². The zero-order valence-electron chi connectivity index (χ0n) is 36.5. The maximum atomic E-state index is 6.45. The first kappa shape index (κ1) is 43.0. The number of aromatic nitrogens is 2. The molecule has 1 radical (unpaired) electrons. The van der Waals surface area contributed by atoms with Crippen LogP contribution in [0.5, 0.6) is 0 Å². The second-order valence-corrected chi connectivity index (χ2v) is 24.1. The van der Waals surface area contributed by atoms with E-state index in [1.54, 1.807) is 5.56 Å². The fourth-order valence-corrected chi connectivity index (χ4v) is 11.7. The molecule has 0 atom stereocenters. The Morgan fingerprint density at radius 2 is 1.36 bits per heavy atom. The molecule has 0 saturated heterocycles. The molecule has 313 valence electrons. The summed E-state index contributed by atoms with van der Waals surface area (Å²) in [4.78, 5) is 9.67. The predicted octanol–water partition coefficient (Wildman–Crippen LogP) is 15.0. The number of benzene rings is 5. The number of hydrogen-bond donors (Lipinski definition) is 0. The molecule has 2 saturated carbocycles. The molecule has 0 N–H and O–H groups in total. The minimum Gasteiger partial charge on any atom is -0.501 e. The summed E-state index contributed by atoms with van der Waals surface area (Å²) in [5.41, 5.74) is 11.2. The summed E-state index contributed by atoms with van der Waals surface area (Å²) in [6.07, 6.45) is 17.7. The summed E-state index contributed by atoms with van der Waals surface area (Å²) in [6.45, 7) is 12.1. The third-order valence-corrected chi connectivity index (χ3v) is 15.8. The van der Waals surface area contributed by atoms with Crippen molar-refractivity contribution in [1.82, 2.24) is 9.97 Å². The van der Waals surface area contributed by atoms with Crippen LogP contribution in [-0.4, -0.2) is 18.0 Å². The van der Waals surface area contributed by atoms with Crippen molar-refractivity contribution in [3.8, 4) is 33.6 Å². The van der Waals surface area contributed by atoms with E-state index < -0.39 is 8.07 Å². The first-order valence-electron chi connectivity index (χ1n) is 22.4. The molecule has 3 aromatic heterocycles. The maximum absolute atomic E-state index is 6.45. The van der Waals surface area contributed by atoms with Gasteiger partial charge < -0.3 is 14.4 Å². The summed E-state index contributed by atoms with van der Waals surface area (Å²) in [6, 6.07) is 47.5. The van der Waals surface area contributed by atoms with Crippen molar-refractivity contribution >= 4 is 46.0 Å². The van der Waals surface area contributed by atoms with Gasteiger partial charge in [-0.1, -0.05) is 179 Å². The van der Waals surface area contributed by atoms with Crippen LogP contribution in [0.15, 0.2) is 132 Å². The Labute approximate surface area is 377 Å². The molecule has 2 aliphatic rings. The Bertz CT molecular complexity index is 2750. The van der Waals surface area contributed by atoms with Crippen LogP contribution in [-0.2, 0) is 31.9 Å². The van der Waals surface area contributed by atoms with Gasteiger partial charge in [0.2, 0.25) is 0 Å². The molecule has 0 bridgehead atoms. The van der Waals surface area contributed by atoms with Gasteiger partial charge in [-0.3, -0.25) is 0 Å². The van der Waals surface area contributed by atoms with E-state index in [2.05, 4.69) is 149 Å². The molecular formula is C56H58IrN2OSi-2. The van der Waals surface area contributed by atoms with E-state index in [0.717, 1.165) is 61.9 Å². The average Bonchev–Trinajstić information content (AvgIpc) is 3.96. The Morgan fingerprint density at radius 1 is 0.656 bits per heavy atom. The second kappa shape index (κ2) is 18.4. The summed E-state index contributed by atoms with van der Waals surface area (Å²) in [5, 5.41) is 6.29. The van der Waals surface area contributed by atoms with Gasteiger partial charge in [-0.15, -0.1) is 47.3 Å². The number of fused-ring (bicyclic) bond motifs is 4. The average molecular weight is 995 g/mol. The smallest absolute Gasteiger partial charge is 0.121 e. The standard InChI is InChI=1S/C31H28NO.C25H30NSi.Ir/c1-31(2,23-11-6-7-12-23)24-17-18-32-28(20-24)27-14-8-13-26-25-16-15-22(19-29(25)33-30(26)27)21-9-4-3-5-10-21;1-27(2,3)25-18-26-24(17-21(25)16-19-10-5-4-6-11-19)23-15-9-13-20-12-7-8-14-22(20)23;/h3-5,8-10,13,15-20,23H,6-7,11-12H2,1-2H3;7-9,12-14,17-19H,4-6,10-11,16H2,1-3H3;/q2*-1;. The van der Waals surface area contributed by atoms with Crippen LogP contribution >= 0.6 is 0 Å². The zero-order valence-corrected chi connectivity index (χ0v) is 39.9. The maximum Gasteiger partial charge on any atom is 0.121 e. The van der Waals surface area contributed by atoms with Gasteiger partial charge in [0.25, 0.3) is 0 Å². The fraction of sp³-hybridized carbons (Fsp3) is 0.321. The van der Waals surface area contributed by atoms with E-state index in [0.29, 0.717) is 0 Å². The second-order valence-electron chi connectivity index (χ2n) is 19.0. The Morgan fingerprint density at radius 3 is 2.15 bits per heavy atom. The molecule has 61 heavy (non-hydrogen) atoms. The van der Waals surface area contributed by atoms with E-state index in [1.165, 1.54) is 91.3 Å². The van der Waals surface area contributed by atoms with Crippen LogP contribution in [0.25, 0.3) is 66.4 Å². The van der Waals surface area contributed by atoms with Gasteiger partial charge in [-0.05, 0) is 81.9 Å². The zero-order chi connectivity index (χ0) is 41.3. The summed E-state index contributed by atoms with van der Waals surface area (Å²) < 4.78 is 6.45. The Hall–Kier alpha value is -4.67. The molecule has 5 heteroatoms. The molecule has 10 rings (SSSR count).